The van der Waals surface area contributed by atoms with Crippen LogP contribution in [-0.2, 0) is 7.05 Å². The molecule has 0 N–H and O–H groups in total. The molecule has 0 atom stereocenters. The molecule has 0 bridgehead atoms. The Bertz CT molecular complexity index is 609. The maximum absolute atomic E-state index is 11.8. The van der Waals surface area contributed by atoms with E-state index < -0.39 is 0 Å². The highest BCUT2D eigenvalue weighted by Crippen LogP contribution is 2.11. The molecule has 2 aromatic rings. The Morgan fingerprint density at radius 2 is 2.06 bits per heavy atom. The van der Waals surface area contributed by atoms with Crippen LogP contribution in [0.5, 0.6) is 0 Å². The minimum absolute atomic E-state index is 0.0265. The number of rotatable bonds is 3. The van der Waals surface area contributed by atoms with Gasteiger partial charge < -0.3 is 0 Å². The molecule has 1 aromatic heterocycles. The van der Waals surface area contributed by atoms with Crippen molar-refractivity contribution in [2.24, 2.45) is 7.05 Å². The summed E-state index contributed by atoms with van der Waals surface area (Å²) in [5, 5.41) is 3.98. The van der Waals surface area contributed by atoms with Crippen LogP contribution in [0.3, 0.4) is 0 Å². The van der Waals surface area contributed by atoms with Crippen LogP contribution in [0.15, 0.2) is 36.7 Å². The number of aromatic nitrogens is 2. The number of hydrogen-bond acceptors (Lipinski definition) is 2. The van der Waals surface area contributed by atoms with Gasteiger partial charge in [-0.3, -0.25) is 9.48 Å². The van der Waals surface area contributed by atoms with Crippen LogP contribution in [-0.4, -0.2) is 15.6 Å². The molecule has 0 aliphatic rings. The number of hydrogen-bond donors (Lipinski definition) is 0. The molecule has 2 rings (SSSR count). The summed E-state index contributed by atoms with van der Waals surface area (Å²) in [4.78, 5) is 11.8. The lowest BCUT2D eigenvalue weighted by molar-refractivity contribution is 0.104. The summed E-state index contributed by atoms with van der Waals surface area (Å²) in [6.45, 7) is 4.14. The first-order valence-corrected chi connectivity index (χ1v) is 5.84. The third-order valence-corrected chi connectivity index (χ3v) is 2.95. The molecule has 0 aliphatic carbocycles. The first kappa shape index (κ1) is 12.3. The van der Waals surface area contributed by atoms with Crippen molar-refractivity contribution in [2.45, 2.75) is 13.8 Å². The minimum atomic E-state index is -0.0265. The third kappa shape index (κ3) is 2.74. The van der Waals surface area contributed by atoms with Gasteiger partial charge in [0.25, 0.3) is 0 Å². The van der Waals surface area contributed by atoms with Gasteiger partial charge in [-0.2, -0.15) is 5.10 Å². The minimum Gasteiger partial charge on any atom is -0.289 e. The van der Waals surface area contributed by atoms with E-state index in [1.165, 1.54) is 11.1 Å². The fourth-order valence-electron chi connectivity index (χ4n) is 1.68. The van der Waals surface area contributed by atoms with Gasteiger partial charge in [-0.1, -0.05) is 24.3 Å². The number of nitrogens with zero attached hydrogens (tertiary/aromatic N) is 2. The molecule has 0 amide bonds. The van der Waals surface area contributed by atoms with Crippen molar-refractivity contribution in [3.8, 4) is 0 Å². The van der Waals surface area contributed by atoms with Gasteiger partial charge >= 0.3 is 0 Å². The zero-order valence-corrected chi connectivity index (χ0v) is 10.8. The lowest BCUT2D eigenvalue weighted by atomic mass is 10.1. The van der Waals surface area contributed by atoms with Crippen molar-refractivity contribution < 1.29 is 4.79 Å². The standard InChI is InChI=1S/C15H16N2O/c1-11-4-5-13(8-12(11)2)6-7-15(18)14-9-16-17(3)10-14/h4-10H,1-3H3. The van der Waals surface area contributed by atoms with Crippen molar-refractivity contribution in [1.29, 1.82) is 0 Å². The quantitative estimate of drug-likeness (QED) is 0.610. The zero-order chi connectivity index (χ0) is 13.1. The van der Waals surface area contributed by atoms with E-state index in [2.05, 4.69) is 31.1 Å². The number of ketones is 1. The second kappa shape index (κ2) is 5.00. The van der Waals surface area contributed by atoms with E-state index in [0.29, 0.717) is 5.56 Å². The van der Waals surface area contributed by atoms with Crippen molar-refractivity contribution in [1.82, 2.24) is 9.78 Å². The Morgan fingerprint density at radius 3 is 2.67 bits per heavy atom. The number of allylic oxidation sites excluding steroid dienone is 1. The molecule has 0 fully saturated rings. The molecular formula is C15H16N2O. The lowest BCUT2D eigenvalue weighted by Crippen LogP contribution is -1.92. The second-order valence-electron chi connectivity index (χ2n) is 4.44. The molecule has 0 radical (unpaired) electrons. The first-order chi connectivity index (χ1) is 8.56. The van der Waals surface area contributed by atoms with Crippen LogP contribution in [0.2, 0.25) is 0 Å². The van der Waals surface area contributed by atoms with Crippen LogP contribution in [0.4, 0.5) is 0 Å². The van der Waals surface area contributed by atoms with Gasteiger partial charge in [-0.15, -0.1) is 0 Å². The topological polar surface area (TPSA) is 34.9 Å². The van der Waals surface area contributed by atoms with Gasteiger partial charge in [0.2, 0.25) is 0 Å². The zero-order valence-electron chi connectivity index (χ0n) is 10.8. The average molecular weight is 240 g/mol. The van der Waals surface area contributed by atoms with E-state index in [-0.39, 0.29) is 5.78 Å². The summed E-state index contributed by atoms with van der Waals surface area (Å²) in [6, 6.07) is 6.14. The fraction of sp³-hybridized carbons (Fsp3) is 0.200. The van der Waals surface area contributed by atoms with Gasteiger partial charge in [0.1, 0.15) is 0 Å². The Morgan fingerprint density at radius 1 is 1.28 bits per heavy atom. The van der Waals surface area contributed by atoms with Crippen LogP contribution in [0.1, 0.15) is 27.0 Å². The molecule has 0 unspecified atom stereocenters. The van der Waals surface area contributed by atoms with E-state index in [9.17, 15) is 4.79 Å². The summed E-state index contributed by atoms with van der Waals surface area (Å²) in [7, 11) is 1.80. The predicted molar refractivity (Wildman–Crippen MR) is 72.5 cm³/mol. The van der Waals surface area contributed by atoms with E-state index >= 15 is 0 Å². The molecule has 92 valence electrons. The Balaban J connectivity index is 2.15. The molecular weight excluding hydrogens is 224 g/mol. The van der Waals surface area contributed by atoms with Crippen molar-refractivity contribution in [2.75, 3.05) is 0 Å². The van der Waals surface area contributed by atoms with Gasteiger partial charge in [0, 0.05) is 13.2 Å². The number of carbonyl (C=O) groups excluding carboxylic acids is 1. The lowest BCUT2D eigenvalue weighted by Gasteiger charge is -2.00. The number of aryl methyl sites for hydroxylation is 3. The summed E-state index contributed by atoms with van der Waals surface area (Å²) in [5.74, 6) is -0.0265. The SMILES string of the molecule is Cc1ccc(C=CC(=O)c2cnn(C)c2)cc1C. The highest BCUT2D eigenvalue weighted by molar-refractivity contribution is 6.06. The summed E-state index contributed by atoms with van der Waals surface area (Å²) >= 11 is 0. The van der Waals surface area contributed by atoms with E-state index in [1.54, 1.807) is 30.2 Å². The van der Waals surface area contributed by atoms with Gasteiger partial charge in [0.05, 0.1) is 11.8 Å². The highest BCUT2D eigenvalue weighted by atomic mass is 16.1. The van der Waals surface area contributed by atoms with E-state index in [1.807, 2.05) is 12.1 Å². The van der Waals surface area contributed by atoms with Gasteiger partial charge in [-0.25, -0.2) is 0 Å². The van der Waals surface area contributed by atoms with Crippen molar-refractivity contribution in [3.05, 3.63) is 58.9 Å². The fourth-order valence-corrected chi connectivity index (χ4v) is 1.68. The molecule has 18 heavy (non-hydrogen) atoms. The molecule has 0 saturated heterocycles. The Hall–Kier alpha value is -2.16. The van der Waals surface area contributed by atoms with Gasteiger partial charge in [0.15, 0.2) is 5.78 Å². The van der Waals surface area contributed by atoms with E-state index in [0.717, 1.165) is 5.56 Å². The first-order valence-electron chi connectivity index (χ1n) is 5.84. The molecule has 0 aliphatic heterocycles. The van der Waals surface area contributed by atoms with Crippen LogP contribution in [0, 0.1) is 13.8 Å². The smallest absolute Gasteiger partial charge is 0.189 e. The summed E-state index contributed by atoms with van der Waals surface area (Å²) in [5.41, 5.74) is 4.13. The largest absolute Gasteiger partial charge is 0.289 e. The monoisotopic (exact) mass is 240 g/mol. The van der Waals surface area contributed by atoms with E-state index in [4.69, 9.17) is 0 Å². The van der Waals surface area contributed by atoms with Crippen LogP contribution >= 0.6 is 0 Å². The Kier molecular flexibility index (Phi) is 3.42. The Labute approximate surface area is 107 Å². The highest BCUT2D eigenvalue weighted by Gasteiger charge is 2.03. The molecule has 0 spiro atoms. The summed E-state index contributed by atoms with van der Waals surface area (Å²) < 4.78 is 1.62. The maximum atomic E-state index is 11.8. The van der Waals surface area contributed by atoms with Crippen LogP contribution in [0.25, 0.3) is 6.08 Å². The number of benzene rings is 1. The van der Waals surface area contributed by atoms with Gasteiger partial charge in [-0.05, 0) is 36.6 Å². The summed E-state index contributed by atoms with van der Waals surface area (Å²) in [6.07, 6.45) is 6.71. The molecule has 1 aromatic carbocycles. The second-order valence-corrected chi connectivity index (χ2v) is 4.44. The third-order valence-electron chi connectivity index (χ3n) is 2.95. The normalized spacial score (nSPS) is 11.1. The van der Waals surface area contributed by atoms with Crippen molar-refractivity contribution >= 4 is 11.9 Å². The maximum Gasteiger partial charge on any atom is 0.189 e. The molecule has 3 heteroatoms. The molecule has 1 heterocycles. The van der Waals surface area contributed by atoms with Crippen LogP contribution < -0.4 is 0 Å². The average Bonchev–Trinajstić information content (AvgIpc) is 2.77. The molecule has 3 nitrogen and oxygen atoms in total. The number of carbonyl (C=O) groups is 1. The van der Waals surface area contributed by atoms with Crippen molar-refractivity contribution in [3.63, 3.8) is 0 Å². The predicted octanol–water partition coefficient (Wildman–Crippen LogP) is 2.93. The molecule has 0 saturated carbocycles.